The van der Waals surface area contributed by atoms with E-state index in [0.29, 0.717) is 0 Å². The maximum Gasteiger partial charge on any atom is 0.0709 e. The molecule has 2 heteroatoms. The van der Waals surface area contributed by atoms with E-state index >= 15 is 0 Å². The Kier molecular flexibility index (Phi) is 2.11. The lowest BCUT2D eigenvalue weighted by Gasteiger charge is -1.94. The molecule has 0 atom stereocenters. The molecule has 0 N–H and O–H groups in total. The van der Waals surface area contributed by atoms with E-state index in [0.717, 1.165) is 21.2 Å². The Morgan fingerprint density at radius 1 is 0.562 bits per heavy atom. The van der Waals surface area contributed by atoms with E-state index in [1.54, 1.807) is 12.4 Å². The third kappa shape index (κ3) is 1.44. The molecular weight excluding hydrogens is 196 g/mol. The second-order valence-electron chi connectivity index (χ2n) is 3.59. The predicted molar refractivity (Wildman–Crippen MR) is 62.0 cm³/mol. The molecule has 0 radical (unpaired) electrons. The second-order valence-corrected chi connectivity index (χ2v) is 3.59. The molecule has 0 spiro atoms. The minimum Gasteiger partial charge on any atom is -0.255 e. The Balaban J connectivity index is 2.74. The smallest absolute Gasteiger partial charge is 0.0709 e. The van der Waals surface area contributed by atoms with Gasteiger partial charge in [0, 0.05) is 22.8 Å². The Bertz CT molecular complexity index is 692. The highest BCUT2D eigenvalue weighted by Gasteiger charge is 1.91. The number of nitrogens with zero attached hydrogens (tertiary/aromatic N) is 2. The number of benzene rings is 2. The van der Waals surface area contributed by atoms with Gasteiger partial charge in [-0.2, -0.15) is 0 Å². The molecule has 0 aromatic heterocycles. The molecule has 0 saturated carbocycles. The predicted octanol–water partition coefficient (Wildman–Crippen LogP) is 1.70. The van der Waals surface area contributed by atoms with Crippen LogP contribution in [0.15, 0.2) is 70.9 Å². The number of hydrogen-bond acceptors (Lipinski definition) is 2. The van der Waals surface area contributed by atoms with E-state index in [1.807, 2.05) is 36.4 Å². The molecule has 3 rings (SSSR count). The van der Waals surface area contributed by atoms with Crippen molar-refractivity contribution in [3.8, 4) is 0 Å². The SMILES string of the molecule is C1=C\N=c2/cccc/c2=c2\cccc\c2=N/1. The average molecular weight is 206 g/mol. The summed E-state index contributed by atoms with van der Waals surface area (Å²) in [6.07, 6.45) is 3.46. The summed E-state index contributed by atoms with van der Waals surface area (Å²) < 4.78 is 0. The van der Waals surface area contributed by atoms with E-state index in [-0.39, 0.29) is 0 Å². The zero-order chi connectivity index (χ0) is 10.8. The molecule has 16 heavy (non-hydrogen) atoms. The minimum absolute atomic E-state index is 0.987. The molecule has 0 saturated heterocycles. The summed E-state index contributed by atoms with van der Waals surface area (Å²) in [4.78, 5) is 8.74. The largest absolute Gasteiger partial charge is 0.255 e. The molecule has 2 aromatic carbocycles. The summed E-state index contributed by atoms with van der Waals surface area (Å²) in [5.41, 5.74) is 0. The molecule has 0 amide bonds. The van der Waals surface area contributed by atoms with E-state index in [1.165, 1.54) is 0 Å². The molecule has 0 bridgehead atoms. The first kappa shape index (κ1) is 9.04. The van der Waals surface area contributed by atoms with Gasteiger partial charge in [0.1, 0.15) is 0 Å². The molecule has 2 nitrogen and oxygen atoms in total. The van der Waals surface area contributed by atoms with E-state index in [4.69, 9.17) is 0 Å². The Morgan fingerprint density at radius 2 is 1.00 bits per heavy atom. The lowest BCUT2D eigenvalue weighted by molar-refractivity contribution is 1.20. The maximum atomic E-state index is 4.37. The third-order valence-corrected chi connectivity index (χ3v) is 2.59. The molecule has 76 valence electrons. The molecule has 1 aliphatic rings. The van der Waals surface area contributed by atoms with Crippen LogP contribution in [0.4, 0.5) is 0 Å². The topological polar surface area (TPSA) is 24.7 Å². The van der Waals surface area contributed by atoms with E-state index in [9.17, 15) is 0 Å². The van der Waals surface area contributed by atoms with Crippen LogP contribution in [0.3, 0.4) is 0 Å². The first-order valence-corrected chi connectivity index (χ1v) is 5.20. The van der Waals surface area contributed by atoms with Gasteiger partial charge in [0.25, 0.3) is 0 Å². The highest BCUT2D eigenvalue weighted by atomic mass is 14.7. The van der Waals surface area contributed by atoms with Gasteiger partial charge in [-0.25, -0.2) is 0 Å². The third-order valence-electron chi connectivity index (χ3n) is 2.59. The van der Waals surface area contributed by atoms with Crippen molar-refractivity contribution >= 4 is 0 Å². The summed E-state index contributed by atoms with van der Waals surface area (Å²) in [5.74, 6) is 0. The fraction of sp³-hybridized carbons (Fsp3) is 0. The maximum absolute atomic E-state index is 4.37. The van der Waals surface area contributed by atoms with Crippen LogP contribution >= 0.6 is 0 Å². The van der Waals surface area contributed by atoms with Crippen LogP contribution in [-0.4, -0.2) is 0 Å². The number of fused-ring (bicyclic) bond motifs is 2. The van der Waals surface area contributed by atoms with Gasteiger partial charge in [0.05, 0.1) is 10.7 Å². The Morgan fingerprint density at radius 3 is 1.50 bits per heavy atom. The summed E-state index contributed by atoms with van der Waals surface area (Å²) in [5, 5.41) is 4.24. The lowest BCUT2D eigenvalue weighted by Crippen LogP contribution is -2.10. The van der Waals surface area contributed by atoms with Crippen LogP contribution < -0.4 is 10.7 Å². The zero-order valence-corrected chi connectivity index (χ0v) is 8.67. The van der Waals surface area contributed by atoms with Crippen molar-refractivity contribution in [1.82, 2.24) is 0 Å². The monoisotopic (exact) mass is 206 g/mol. The molecule has 2 aromatic rings. The molecule has 0 fully saturated rings. The van der Waals surface area contributed by atoms with Gasteiger partial charge in [0.2, 0.25) is 0 Å². The van der Waals surface area contributed by atoms with Gasteiger partial charge in [-0.1, -0.05) is 36.4 Å². The second kappa shape index (κ2) is 3.74. The van der Waals surface area contributed by atoms with Crippen LogP contribution in [0.2, 0.25) is 0 Å². The highest BCUT2D eigenvalue weighted by molar-refractivity contribution is 5.16. The highest BCUT2D eigenvalue weighted by Crippen LogP contribution is 1.91. The van der Waals surface area contributed by atoms with Gasteiger partial charge in [-0.05, 0) is 12.1 Å². The van der Waals surface area contributed by atoms with Gasteiger partial charge in [0.15, 0.2) is 0 Å². The average Bonchev–Trinajstić information content (AvgIpc) is 2.33. The van der Waals surface area contributed by atoms with Crippen molar-refractivity contribution in [3.05, 3.63) is 82.1 Å². The van der Waals surface area contributed by atoms with Crippen LogP contribution in [0, 0.1) is 10.4 Å². The summed E-state index contributed by atoms with van der Waals surface area (Å²) >= 11 is 0. The van der Waals surface area contributed by atoms with Crippen LogP contribution in [0.25, 0.3) is 0 Å². The minimum atomic E-state index is 0.987. The van der Waals surface area contributed by atoms with Crippen LogP contribution in [-0.2, 0) is 0 Å². The Labute approximate surface area is 92.6 Å². The van der Waals surface area contributed by atoms with Crippen molar-refractivity contribution in [3.63, 3.8) is 0 Å². The van der Waals surface area contributed by atoms with Crippen LogP contribution in [0.1, 0.15) is 0 Å². The molecule has 1 heterocycles. The molecule has 1 aliphatic heterocycles. The van der Waals surface area contributed by atoms with Crippen molar-refractivity contribution < 1.29 is 0 Å². The fourth-order valence-corrected chi connectivity index (χ4v) is 1.86. The Hall–Kier alpha value is -2.22. The van der Waals surface area contributed by atoms with Gasteiger partial charge < -0.3 is 0 Å². The standard InChI is InChI=1S/C14H10N2/c1-3-7-13-11(5-1)12-6-2-4-8-14(12)16-10-9-15-13/h1-10H/b10-9-,12-11-,15-9?,15-13+,16-10?,16-14+. The number of para-hydroxylation sites is 2. The van der Waals surface area contributed by atoms with E-state index < -0.39 is 0 Å². The van der Waals surface area contributed by atoms with Crippen molar-refractivity contribution in [2.24, 2.45) is 9.98 Å². The fourth-order valence-electron chi connectivity index (χ4n) is 1.86. The van der Waals surface area contributed by atoms with Crippen molar-refractivity contribution in [1.29, 1.82) is 0 Å². The van der Waals surface area contributed by atoms with Gasteiger partial charge in [-0.15, -0.1) is 0 Å². The van der Waals surface area contributed by atoms with Gasteiger partial charge in [-0.3, -0.25) is 9.98 Å². The van der Waals surface area contributed by atoms with Crippen molar-refractivity contribution in [2.75, 3.05) is 0 Å². The first-order chi connectivity index (χ1) is 7.95. The van der Waals surface area contributed by atoms with Crippen molar-refractivity contribution in [2.45, 2.75) is 0 Å². The van der Waals surface area contributed by atoms with Crippen LogP contribution in [0.5, 0.6) is 0 Å². The number of rotatable bonds is 0. The normalized spacial score (nSPS) is 21.0. The quantitative estimate of drug-likeness (QED) is 0.626. The first-order valence-electron chi connectivity index (χ1n) is 5.20. The lowest BCUT2D eigenvalue weighted by atomic mass is 10.2. The summed E-state index contributed by atoms with van der Waals surface area (Å²) in [6.45, 7) is 0. The van der Waals surface area contributed by atoms with E-state index in [2.05, 4.69) is 22.1 Å². The molecule has 0 aliphatic carbocycles. The summed E-state index contributed by atoms with van der Waals surface area (Å²) in [6, 6.07) is 16.2. The molecule has 0 unspecified atom stereocenters. The summed E-state index contributed by atoms with van der Waals surface area (Å²) in [7, 11) is 0. The number of hydrogen-bond donors (Lipinski definition) is 0. The zero-order valence-electron chi connectivity index (χ0n) is 8.67. The molecular formula is C14H10N2. The van der Waals surface area contributed by atoms with Gasteiger partial charge >= 0.3 is 0 Å².